The van der Waals surface area contributed by atoms with Crippen molar-refractivity contribution in [2.75, 3.05) is 25.5 Å². The summed E-state index contributed by atoms with van der Waals surface area (Å²) in [5.74, 6) is 3.18. The quantitative estimate of drug-likeness (QED) is 0.384. The molecule has 5 rings (SSSR count). The number of benzene rings is 3. The molecule has 2 heterocycles. The number of aromatic nitrogens is 2. The molecular formula is C28H30N4O. The number of para-hydroxylation sites is 1. The summed E-state index contributed by atoms with van der Waals surface area (Å²) in [6, 6.07) is 24.7. The number of nitrogens with zero attached hydrogens (tertiary/aromatic N) is 3. The maximum Gasteiger partial charge on any atom is 0.162 e. The lowest BCUT2D eigenvalue weighted by molar-refractivity contribution is 0.185. The van der Waals surface area contributed by atoms with Crippen LogP contribution in [0, 0.1) is 5.92 Å². The van der Waals surface area contributed by atoms with Crippen LogP contribution in [-0.2, 0) is 6.54 Å². The molecule has 0 saturated carbocycles. The van der Waals surface area contributed by atoms with Crippen LogP contribution in [-0.4, -0.2) is 35.1 Å². The van der Waals surface area contributed by atoms with E-state index in [0.29, 0.717) is 5.82 Å². The third-order valence-corrected chi connectivity index (χ3v) is 6.45. The molecule has 0 bridgehead atoms. The second-order valence-electron chi connectivity index (χ2n) is 8.92. The number of likely N-dealkylation sites (tertiary alicyclic amines) is 1. The Morgan fingerprint density at radius 1 is 0.909 bits per heavy atom. The molecular weight excluding hydrogens is 408 g/mol. The summed E-state index contributed by atoms with van der Waals surface area (Å²) in [5, 5.41) is 4.53. The topological polar surface area (TPSA) is 50.3 Å². The number of hydrogen-bond acceptors (Lipinski definition) is 5. The van der Waals surface area contributed by atoms with Crippen molar-refractivity contribution in [1.82, 2.24) is 14.9 Å². The molecule has 3 aromatic carbocycles. The van der Waals surface area contributed by atoms with Crippen molar-refractivity contribution < 1.29 is 4.74 Å². The van der Waals surface area contributed by atoms with Crippen molar-refractivity contribution >= 4 is 22.4 Å². The summed E-state index contributed by atoms with van der Waals surface area (Å²) in [5.41, 5.74) is 4.24. The third-order valence-electron chi connectivity index (χ3n) is 6.45. The molecule has 33 heavy (non-hydrogen) atoms. The molecule has 1 aliphatic rings. The maximum absolute atomic E-state index is 5.28. The molecule has 5 heteroatoms. The van der Waals surface area contributed by atoms with Gasteiger partial charge < -0.3 is 10.1 Å². The molecule has 4 aromatic rings. The van der Waals surface area contributed by atoms with Crippen LogP contribution in [0.5, 0.6) is 5.75 Å². The van der Waals surface area contributed by atoms with E-state index < -0.39 is 0 Å². The molecule has 0 amide bonds. The van der Waals surface area contributed by atoms with E-state index in [0.717, 1.165) is 46.2 Å². The second-order valence-corrected chi connectivity index (χ2v) is 8.92. The van der Waals surface area contributed by atoms with Gasteiger partial charge in [0.25, 0.3) is 0 Å². The van der Waals surface area contributed by atoms with Crippen LogP contribution < -0.4 is 10.1 Å². The summed E-state index contributed by atoms with van der Waals surface area (Å²) < 4.78 is 5.28. The van der Waals surface area contributed by atoms with Gasteiger partial charge in [-0.2, -0.15) is 0 Å². The lowest BCUT2D eigenvalue weighted by Gasteiger charge is -2.30. The summed E-state index contributed by atoms with van der Waals surface area (Å²) >= 11 is 0. The number of methoxy groups -OCH3 is 1. The van der Waals surface area contributed by atoms with Crippen LogP contribution in [0.3, 0.4) is 0 Å². The van der Waals surface area contributed by atoms with E-state index in [-0.39, 0.29) is 0 Å². The first kappa shape index (κ1) is 21.4. The van der Waals surface area contributed by atoms with Crippen LogP contribution in [0.2, 0.25) is 0 Å². The molecule has 0 unspecified atom stereocenters. The van der Waals surface area contributed by atoms with Crippen molar-refractivity contribution in [3.63, 3.8) is 0 Å². The van der Waals surface area contributed by atoms with Crippen LogP contribution >= 0.6 is 0 Å². The van der Waals surface area contributed by atoms with Crippen molar-refractivity contribution in [1.29, 1.82) is 0 Å². The highest BCUT2D eigenvalue weighted by Gasteiger charge is 2.16. The zero-order chi connectivity index (χ0) is 22.6. The first-order valence-corrected chi connectivity index (χ1v) is 11.7. The van der Waals surface area contributed by atoms with Crippen LogP contribution in [0.15, 0.2) is 72.8 Å². The van der Waals surface area contributed by atoms with Crippen molar-refractivity contribution in [2.45, 2.75) is 26.3 Å². The fourth-order valence-electron chi connectivity index (χ4n) is 4.35. The molecule has 0 atom stereocenters. The van der Waals surface area contributed by atoms with E-state index in [9.17, 15) is 0 Å². The average molecular weight is 439 g/mol. The van der Waals surface area contributed by atoms with Gasteiger partial charge in [0, 0.05) is 23.2 Å². The highest BCUT2D eigenvalue weighted by Crippen LogP contribution is 2.28. The second kappa shape index (κ2) is 9.59. The van der Waals surface area contributed by atoms with Gasteiger partial charge in [-0.05, 0) is 85.9 Å². The number of ether oxygens (including phenoxy) is 1. The smallest absolute Gasteiger partial charge is 0.162 e. The third kappa shape index (κ3) is 4.99. The Morgan fingerprint density at radius 2 is 1.64 bits per heavy atom. The lowest BCUT2D eigenvalue weighted by atomic mass is 9.99. The minimum Gasteiger partial charge on any atom is -0.497 e. The minimum atomic E-state index is 0.690. The summed E-state index contributed by atoms with van der Waals surface area (Å²) in [4.78, 5) is 12.2. The molecule has 0 radical (unpaired) electrons. The van der Waals surface area contributed by atoms with Gasteiger partial charge in [-0.15, -0.1) is 0 Å². The van der Waals surface area contributed by atoms with Crippen molar-refractivity contribution in [3.8, 4) is 17.1 Å². The molecule has 1 fully saturated rings. The van der Waals surface area contributed by atoms with Gasteiger partial charge in [-0.3, -0.25) is 4.90 Å². The van der Waals surface area contributed by atoms with Gasteiger partial charge in [-0.1, -0.05) is 31.2 Å². The van der Waals surface area contributed by atoms with Gasteiger partial charge in [0.15, 0.2) is 5.82 Å². The molecule has 0 spiro atoms. The Hall–Kier alpha value is -3.44. The number of fused-ring (bicyclic) bond motifs is 1. The zero-order valence-electron chi connectivity index (χ0n) is 19.3. The fourth-order valence-corrected chi connectivity index (χ4v) is 4.35. The van der Waals surface area contributed by atoms with Crippen LogP contribution in [0.4, 0.5) is 11.5 Å². The Kier molecular flexibility index (Phi) is 6.22. The average Bonchev–Trinajstić information content (AvgIpc) is 2.86. The number of rotatable bonds is 6. The number of hydrogen-bond donors (Lipinski definition) is 1. The largest absolute Gasteiger partial charge is 0.497 e. The molecule has 5 nitrogen and oxygen atoms in total. The summed E-state index contributed by atoms with van der Waals surface area (Å²) in [6.45, 7) is 5.77. The molecule has 168 valence electrons. The van der Waals surface area contributed by atoms with E-state index >= 15 is 0 Å². The number of piperidine rings is 1. The van der Waals surface area contributed by atoms with E-state index in [4.69, 9.17) is 14.7 Å². The molecule has 1 aliphatic heterocycles. The van der Waals surface area contributed by atoms with E-state index in [1.165, 1.54) is 31.5 Å². The van der Waals surface area contributed by atoms with Gasteiger partial charge in [0.05, 0.1) is 12.6 Å². The lowest BCUT2D eigenvalue weighted by Crippen LogP contribution is -2.32. The summed E-state index contributed by atoms with van der Waals surface area (Å²) in [7, 11) is 1.67. The monoisotopic (exact) mass is 438 g/mol. The fraction of sp³-hybridized carbons (Fsp3) is 0.286. The molecule has 1 saturated heterocycles. The minimum absolute atomic E-state index is 0.690. The normalized spacial score (nSPS) is 15.0. The first-order chi connectivity index (χ1) is 16.2. The van der Waals surface area contributed by atoms with Gasteiger partial charge in [0.2, 0.25) is 0 Å². The Morgan fingerprint density at radius 3 is 2.36 bits per heavy atom. The Bertz CT molecular complexity index is 1210. The van der Waals surface area contributed by atoms with E-state index in [1.54, 1.807) is 7.11 Å². The Labute approximate surface area is 195 Å². The number of nitrogens with one attached hydrogen (secondary N) is 1. The zero-order valence-corrected chi connectivity index (χ0v) is 19.3. The van der Waals surface area contributed by atoms with Crippen molar-refractivity contribution in [3.05, 3.63) is 78.4 Å². The SMILES string of the molecule is COc1ccc(-c2nc(Nc3ccc(CN4CCC(C)CC4)cc3)c3ccccc3n2)cc1. The molecule has 1 aromatic heterocycles. The van der Waals surface area contributed by atoms with Gasteiger partial charge in [-0.25, -0.2) is 9.97 Å². The summed E-state index contributed by atoms with van der Waals surface area (Å²) in [6.07, 6.45) is 2.61. The maximum atomic E-state index is 5.28. The predicted octanol–water partition coefficient (Wildman–Crippen LogP) is 6.28. The van der Waals surface area contributed by atoms with Crippen LogP contribution in [0.25, 0.3) is 22.3 Å². The predicted molar refractivity (Wildman–Crippen MR) is 135 cm³/mol. The highest BCUT2D eigenvalue weighted by atomic mass is 16.5. The first-order valence-electron chi connectivity index (χ1n) is 11.7. The standard InChI is InChI=1S/C28H30N4O/c1-20-15-17-32(18-16-20)19-21-7-11-23(12-8-21)29-28-25-5-3-4-6-26(25)30-27(31-28)22-9-13-24(33-2)14-10-22/h3-14,20H,15-19H2,1-2H3,(H,29,30,31). The van der Waals surface area contributed by atoms with E-state index in [2.05, 4.69) is 47.5 Å². The number of anilines is 2. The molecule has 0 aliphatic carbocycles. The van der Waals surface area contributed by atoms with Gasteiger partial charge >= 0.3 is 0 Å². The highest BCUT2D eigenvalue weighted by molar-refractivity contribution is 5.92. The Balaban J connectivity index is 1.38. The van der Waals surface area contributed by atoms with E-state index in [1.807, 2.05) is 42.5 Å². The van der Waals surface area contributed by atoms with Crippen molar-refractivity contribution in [2.24, 2.45) is 5.92 Å². The molecule has 1 N–H and O–H groups in total. The van der Waals surface area contributed by atoms with Gasteiger partial charge in [0.1, 0.15) is 11.6 Å². The van der Waals surface area contributed by atoms with Crippen LogP contribution in [0.1, 0.15) is 25.3 Å².